The second kappa shape index (κ2) is 11.3. The van der Waals surface area contributed by atoms with Crippen LogP contribution in [-0.2, 0) is 20.5 Å². The summed E-state index contributed by atoms with van der Waals surface area (Å²) >= 11 is 6.40. The minimum atomic E-state index is -0.538. The van der Waals surface area contributed by atoms with Crippen molar-refractivity contribution in [3.8, 4) is 0 Å². The molecule has 1 saturated heterocycles. The van der Waals surface area contributed by atoms with Gasteiger partial charge in [0.05, 0.1) is 16.6 Å². The highest BCUT2D eigenvalue weighted by molar-refractivity contribution is 6.31. The summed E-state index contributed by atoms with van der Waals surface area (Å²) in [5, 5.41) is 4.39. The predicted octanol–water partition coefficient (Wildman–Crippen LogP) is 6.68. The normalized spacial score (nSPS) is 16.8. The van der Waals surface area contributed by atoms with Crippen LogP contribution in [-0.4, -0.2) is 36.3 Å². The van der Waals surface area contributed by atoms with Crippen LogP contribution in [0.1, 0.15) is 65.2 Å². The molecule has 1 fully saturated rings. The Morgan fingerprint density at radius 1 is 1.11 bits per heavy atom. The molecule has 2 aliphatic heterocycles. The molecule has 1 N–H and O–H groups in total. The summed E-state index contributed by atoms with van der Waals surface area (Å²) in [7, 11) is 0. The lowest BCUT2D eigenvalue weighted by Crippen LogP contribution is -2.63. The van der Waals surface area contributed by atoms with Crippen molar-refractivity contribution in [1.29, 1.82) is 0 Å². The Bertz CT molecular complexity index is 1070. The molecule has 2 heterocycles. The van der Waals surface area contributed by atoms with Gasteiger partial charge in [-0.2, -0.15) is 0 Å². The number of benzene rings is 2. The second-order valence-corrected chi connectivity index (χ2v) is 10.1. The summed E-state index contributed by atoms with van der Waals surface area (Å²) in [5.74, 6) is 0.126. The van der Waals surface area contributed by atoms with Crippen LogP contribution in [0.25, 0.3) is 0 Å². The van der Waals surface area contributed by atoms with Crippen LogP contribution >= 0.6 is 11.6 Å². The maximum absolute atomic E-state index is 13.0. The van der Waals surface area contributed by atoms with E-state index in [0.717, 1.165) is 34.5 Å². The monoisotopic (exact) mass is 497 g/mol. The minimum Gasteiger partial charge on any atom is -0.372 e. The number of anilines is 2. The van der Waals surface area contributed by atoms with Crippen LogP contribution in [0.2, 0.25) is 5.02 Å². The third-order valence-corrected chi connectivity index (χ3v) is 6.87. The van der Waals surface area contributed by atoms with Gasteiger partial charge >= 0.3 is 0 Å². The number of nitrogens with zero attached hydrogens (tertiary/aromatic N) is 2. The van der Waals surface area contributed by atoms with Gasteiger partial charge in [0.15, 0.2) is 0 Å². The van der Waals surface area contributed by atoms with Crippen molar-refractivity contribution in [1.82, 2.24) is 4.90 Å². The first kappa shape index (κ1) is 28.4. The molecule has 0 aliphatic carbocycles. The SMILES string of the molecule is C=CC.CC.Cc1c(Cl)cccc1C1(Nc2ccc3c(c2)N(C(C)C)C(=O)C3(C)C)CN(C=O)C1. The molecule has 4 rings (SSSR count). The van der Waals surface area contributed by atoms with E-state index in [-0.39, 0.29) is 11.9 Å². The van der Waals surface area contributed by atoms with Crippen LogP contribution in [0.4, 0.5) is 11.4 Å². The highest BCUT2D eigenvalue weighted by atomic mass is 35.5. The lowest BCUT2D eigenvalue weighted by Gasteiger charge is -2.50. The summed E-state index contributed by atoms with van der Waals surface area (Å²) in [6.07, 6.45) is 2.63. The van der Waals surface area contributed by atoms with E-state index in [1.807, 2.05) is 84.6 Å². The molecule has 190 valence electrons. The van der Waals surface area contributed by atoms with Gasteiger partial charge in [0, 0.05) is 29.8 Å². The van der Waals surface area contributed by atoms with Gasteiger partial charge in [-0.05, 0) is 76.4 Å². The number of halogens is 1. The zero-order valence-electron chi connectivity index (χ0n) is 22.4. The van der Waals surface area contributed by atoms with Crippen molar-refractivity contribution in [3.63, 3.8) is 0 Å². The Labute approximate surface area is 216 Å². The molecule has 2 aromatic rings. The van der Waals surface area contributed by atoms with Crippen LogP contribution < -0.4 is 10.2 Å². The Kier molecular flexibility index (Phi) is 9.18. The van der Waals surface area contributed by atoms with Crippen LogP contribution in [0.3, 0.4) is 0 Å². The predicted molar refractivity (Wildman–Crippen MR) is 148 cm³/mol. The van der Waals surface area contributed by atoms with E-state index in [2.05, 4.69) is 24.0 Å². The van der Waals surface area contributed by atoms with E-state index in [1.165, 1.54) is 0 Å². The van der Waals surface area contributed by atoms with E-state index in [9.17, 15) is 9.59 Å². The Hall–Kier alpha value is -2.79. The number of hydrogen-bond acceptors (Lipinski definition) is 3. The van der Waals surface area contributed by atoms with Crippen molar-refractivity contribution in [2.24, 2.45) is 0 Å². The van der Waals surface area contributed by atoms with E-state index >= 15 is 0 Å². The molecule has 0 unspecified atom stereocenters. The molecule has 0 atom stereocenters. The van der Waals surface area contributed by atoms with Gasteiger partial charge < -0.3 is 15.1 Å². The van der Waals surface area contributed by atoms with Gasteiger partial charge in [0.2, 0.25) is 12.3 Å². The van der Waals surface area contributed by atoms with Gasteiger partial charge in [-0.25, -0.2) is 0 Å². The summed E-state index contributed by atoms with van der Waals surface area (Å²) < 4.78 is 0. The molecule has 2 amide bonds. The molecular weight excluding hydrogens is 458 g/mol. The van der Waals surface area contributed by atoms with Gasteiger partial charge in [-0.15, -0.1) is 6.58 Å². The molecule has 2 aliphatic rings. The zero-order chi connectivity index (χ0) is 26.6. The molecule has 6 heteroatoms. The molecule has 0 saturated carbocycles. The maximum atomic E-state index is 13.0. The van der Waals surface area contributed by atoms with E-state index in [4.69, 9.17) is 11.6 Å². The quantitative estimate of drug-likeness (QED) is 0.370. The topological polar surface area (TPSA) is 52.7 Å². The van der Waals surface area contributed by atoms with Crippen molar-refractivity contribution in [2.75, 3.05) is 23.3 Å². The van der Waals surface area contributed by atoms with Crippen molar-refractivity contribution < 1.29 is 9.59 Å². The standard InChI is InChI=1S/C24H28ClN3O2.C3H6.C2H6/c1-15(2)28-21-11-17(9-10-19(21)23(4,5)22(28)30)26-24(12-27(13-24)14-29)18-7-6-8-20(25)16(18)3;1-3-2;1-2/h6-11,14-15,26H,12-13H2,1-5H3;3H,1H2,2H3;1-2H3. The number of fused-ring (bicyclic) bond motifs is 1. The number of carbonyl (C=O) groups excluding carboxylic acids is 2. The van der Waals surface area contributed by atoms with E-state index in [0.29, 0.717) is 18.1 Å². The van der Waals surface area contributed by atoms with Crippen LogP contribution in [0, 0.1) is 6.92 Å². The van der Waals surface area contributed by atoms with Crippen molar-refractivity contribution in [2.45, 2.75) is 72.4 Å². The lowest BCUT2D eigenvalue weighted by atomic mass is 9.80. The van der Waals surface area contributed by atoms with Gasteiger partial charge in [0.25, 0.3) is 0 Å². The molecule has 5 nitrogen and oxygen atoms in total. The number of likely N-dealkylation sites (tertiary alicyclic amines) is 1. The third-order valence-electron chi connectivity index (χ3n) is 6.46. The fourth-order valence-corrected chi connectivity index (χ4v) is 4.99. The largest absolute Gasteiger partial charge is 0.372 e. The number of hydrogen-bond donors (Lipinski definition) is 1. The Morgan fingerprint density at radius 3 is 2.26 bits per heavy atom. The van der Waals surface area contributed by atoms with E-state index in [1.54, 1.807) is 11.0 Å². The summed E-state index contributed by atoms with van der Waals surface area (Å²) in [6, 6.07) is 12.1. The Balaban J connectivity index is 0.000000803. The number of nitrogens with one attached hydrogen (secondary N) is 1. The van der Waals surface area contributed by atoms with E-state index < -0.39 is 11.0 Å². The van der Waals surface area contributed by atoms with Crippen LogP contribution in [0.5, 0.6) is 0 Å². The maximum Gasteiger partial charge on any atom is 0.237 e. The molecule has 35 heavy (non-hydrogen) atoms. The summed E-state index contributed by atoms with van der Waals surface area (Å²) in [4.78, 5) is 28.0. The molecule has 0 spiro atoms. The molecule has 0 bridgehead atoms. The highest BCUT2D eigenvalue weighted by Gasteiger charge is 2.47. The Morgan fingerprint density at radius 2 is 1.71 bits per heavy atom. The first-order valence-corrected chi connectivity index (χ1v) is 12.7. The molecule has 0 radical (unpaired) electrons. The molecule has 2 aromatic carbocycles. The average Bonchev–Trinajstić information content (AvgIpc) is 2.99. The molecule has 0 aromatic heterocycles. The van der Waals surface area contributed by atoms with Gasteiger partial charge in [-0.1, -0.05) is 49.7 Å². The highest BCUT2D eigenvalue weighted by Crippen LogP contribution is 2.45. The number of amides is 2. The van der Waals surface area contributed by atoms with Crippen molar-refractivity contribution in [3.05, 3.63) is 70.8 Å². The first-order chi connectivity index (χ1) is 16.5. The number of allylic oxidation sites excluding steroid dienone is 1. The fraction of sp³-hybridized carbons (Fsp3) is 0.448. The second-order valence-electron chi connectivity index (χ2n) is 9.66. The molecular formula is C29H40ClN3O2. The van der Waals surface area contributed by atoms with Crippen LogP contribution in [0.15, 0.2) is 49.1 Å². The smallest absolute Gasteiger partial charge is 0.237 e. The number of rotatable bonds is 5. The third kappa shape index (κ3) is 5.25. The summed E-state index contributed by atoms with van der Waals surface area (Å²) in [6.45, 7) is 20.4. The van der Waals surface area contributed by atoms with Gasteiger partial charge in [-0.3, -0.25) is 9.59 Å². The lowest BCUT2D eigenvalue weighted by molar-refractivity contribution is -0.124. The average molecular weight is 498 g/mol. The zero-order valence-corrected chi connectivity index (χ0v) is 23.2. The fourth-order valence-electron chi connectivity index (χ4n) is 4.82. The first-order valence-electron chi connectivity index (χ1n) is 12.3. The van der Waals surface area contributed by atoms with Gasteiger partial charge in [0.1, 0.15) is 0 Å². The summed E-state index contributed by atoms with van der Waals surface area (Å²) in [5.41, 5.74) is 4.08. The van der Waals surface area contributed by atoms with Crippen molar-refractivity contribution >= 4 is 35.3 Å². The minimum absolute atomic E-state index is 0.0756. The number of carbonyl (C=O) groups is 2.